The predicted molar refractivity (Wildman–Crippen MR) is 271 cm³/mol. The number of nitrogens with one attached hydrogen (secondary N) is 3. The zero-order valence-electron chi connectivity index (χ0n) is 40.3. The minimum absolute atomic E-state index is 0.106. The summed E-state index contributed by atoms with van der Waals surface area (Å²) in [7, 11) is -2.55. The van der Waals surface area contributed by atoms with Gasteiger partial charge < -0.3 is 35.3 Å². The van der Waals surface area contributed by atoms with Gasteiger partial charge in [-0.3, -0.25) is 19.2 Å². The fourth-order valence-electron chi connectivity index (χ4n) is 9.48. The number of aryl methyl sites for hydroxylation is 1. The summed E-state index contributed by atoms with van der Waals surface area (Å²) >= 11 is 1.59. The van der Waals surface area contributed by atoms with Gasteiger partial charge in [-0.15, -0.1) is 21.5 Å². The highest BCUT2D eigenvalue weighted by molar-refractivity contribution is 7.13. The summed E-state index contributed by atoms with van der Waals surface area (Å²) in [6.07, 6.45) is 15.2. The Hall–Kier alpha value is -5.45. The normalized spacial score (nSPS) is 16.8. The van der Waals surface area contributed by atoms with Crippen LogP contribution in [0.15, 0.2) is 66.3 Å². The van der Waals surface area contributed by atoms with Crippen molar-refractivity contribution in [2.45, 2.75) is 148 Å². The van der Waals surface area contributed by atoms with Crippen molar-refractivity contribution in [3.63, 3.8) is 0 Å². The maximum Gasteiger partial charge on any atom is 0.248 e. The predicted octanol–water partition coefficient (Wildman–Crippen LogP) is 9.10. The number of carbonyl (C=O) groups excluding carboxylic acids is 4. The van der Waals surface area contributed by atoms with E-state index in [1.807, 2.05) is 86.8 Å². The Morgan fingerprint density at radius 3 is 2.15 bits per heavy atom. The highest BCUT2D eigenvalue weighted by atomic mass is 32.1. The zero-order chi connectivity index (χ0) is 48.2. The Labute approximate surface area is 406 Å². The average molecular weight is 963 g/mol. The first-order valence-electron chi connectivity index (χ1n) is 24.7. The molecule has 2 aliphatic rings. The lowest BCUT2D eigenvalue weighted by Gasteiger charge is -2.39. The Morgan fingerprint density at radius 1 is 0.868 bits per heavy atom. The maximum atomic E-state index is 14.0. The van der Waals surface area contributed by atoms with Gasteiger partial charge in [0.2, 0.25) is 32.2 Å². The lowest BCUT2D eigenvalue weighted by Crippen LogP contribution is -2.59. The molecule has 2 fully saturated rings. The molecule has 364 valence electrons. The molecule has 68 heavy (non-hydrogen) atoms. The Morgan fingerprint density at radius 2 is 1.51 bits per heavy atom. The molecule has 3 atom stereocenters. The van der Waals surface area contributed by atoms with Crippen LogP contribution in [0.3, 0.4) is 0 Å². The van der Waals surface area contributed by atoms with Gasteiger partial charge in [-0.2, -0.15) is 0 Å². The molecule has 2 saturated heterocycles. The number of likely N-dealkylation sites (tertiary alicyclic amines) is 1. The number of thiazole rings is 1. The molecule has 7 rings (SSSR count). The summed E-state index contributed by atoms with van der Waals surface area (Å²) in [5.74, 6) is 0.212. The number of aliphatic hydroxyl groups is 1. The second-order valence-electron chi connectivity index (χ2n) is 19.9. The number of aromatic nitrogens is 4. The van der Waals surface area contributed by atoms with Crippen LogP contribution < -0.4 is 10.6 Å². The van der Waals surface area contributed by atoms with E-state index in [2.05, 4.69) is 30.8 Å². The van der Waals surface area contributed by atoms with Crippen LogP contribution in [0.25, 0.3) is 32.7 Å². The number of para-hydroxylation sites is 1. The van der Waals surface area contributed by atoms with Crippen molar-refractivity contribution in [3.05, 3.63) is 83.1 Å². The van der Waals surface area contributed by atoms with E-state index in [-0.39, 0.29) is 47.5 Å². The van der Waals surface area contributed by atoms with Gasteiger partial charge in [0, 0.05) is 62.1 Å². The van der Waals surface area contributed by atoms with Crippen LogP contribution in [0.5, 0.6) is 5.75 Å². The molecule has 14 nitrogen and oxygen atoms in total. The Bertz CT molecular complexity index is 2480. The van der Waals surface area contributed by atoms with E-state index in [1.54, 1.807) is 28.0 Å². The van der Waals surface area contributed by atoms with Gasteiger partial charge >= 0.3 is 0 Å². The summed E-state index contributed by atoms with van der Waals surface area (Å²) in [6.45, 7) is 9.59. The van der Waals surface area contributed by atoms with Gasteiger partial charge in [0.05, 0.1) is 27.9 Å². The molecule has 0 aliphatic carbocycles. The van der Waals surface area contributed by atoms with Crippen LogP contribution in [-0.2, 0) is 20.9 Å². The van der Waals surface area contributed by atoms with Crippen molar-refractivity contribution >= 4 is 54.6 Å². The highest BCUT2D eigenvalue weighted by Crippen LogP contribution is 2.35. The molecule has 0 radical (unpaired) electrons. The lowest BCUT2D eigenvalue weighted by molar-refractivity contribution is -0.136. The van der Waals surface area contributed by atoms with E-state index < -0.39 is 26.5 Å². The third kappa shape index (κ3) is 13.2. The molecule has 5 heterocycles. The van der Waals surface area contributed by atoms with E-state index in [0.717, 1.165) is 77.6 Å². The van der Waals surface area contributed by atoms with Crippen LogP contribution >= 0.6 is 11.3 Å². The number of hydrogen-bond acceptors (Lipinski definition) is 10. The van der Waals surface area contributed by atoms with Gasteiger partial charge in [0.1, 0.15) is 11.8 Å². The number of fused-ring (bicyclic) bond motifs is 1. The van der Waals surface area contributed by atoms with Crippen molar-refractivity contribution < 1.29 is 29.4 Å². The summed E-state index contributed by atoms with van der Waals surface area (Å²) in [4.78, 5) is 64.2. The third-order valence-electron chi connectivity index (χ3n) is 13.6. The first kappa shape index (κ1) is 50.4. The first-order chi connectivity index (χ1) is 32.8. The molecule has 4 amide bonds. The minimum atomic E-state index is -2.55. The number of H-pyrrole nitrogens is 1. The van der Waals surface area contributed by atoms with Crippen molar-refractivity contribution in [2.24, 2.45) is 5.41 Å². The quantitative estimate of drug-likeness (QED) is 0.0314. The molecule has 5 N–H and O–H groups in total. The molecule has 0 bridgehead atoms. The van der Waals surface area contributed by atoms with Crippen LogP contribution in [0.2, 0.25) is 6.04 Å². The lowest BCUT2D eigenvalue weighted by atomic mass is 9.86. The number of benzene rings is 2. The number of aliphatic hydroxyl groups excluding tert-OH is 1. The molecule has 2 aliphatic heterocycles. The topological polar surface area (TPSA) is 194 Å². The van der Waals surface area contributed by atoms with Gasteiger partial charge in [0.15, 0.2) is 5.65 Å². The molecule has 2 aromatic carbocycles. The maximum absolute atomic E-state index is 14.0. The van der Waals surface area contributed by atoms with Gasteiger partial charge in [-0.1, -0.05) is 121 Å². The summed E-state index contributed by atoms with van der Waals surface area (Å²) in [6, 6.07) is 16.6. The molecule has 0 saturated carbocycles. The number of unbranched alkanes of at least 4 members (excludes halogenated alkanes) is 11. The number of β-amino-alcohol motifs (C(OH)–C–C–N with tert-alkyl or cyclic N) is 1. The molecule has 5 aromatic rings. The number of carbonyl (C=O) groups is 4. The summed E-state index contributed by atoms with van der Waals surface area (Å²) in [5, 5.41) is 36.5. The number of phenolic OH excluding ortho intramolecular Hbond substituents is 1. The number of aromatic amines is 1. The molecule has 0 unspecified atom stereocenters. The van der Waals surface area contributed by atoms with Crippen molar-refractivity contribution in [3.8, 4) is 27.4 Å². The Balaban J connectivity index is 0.709. The second kappa shape index (κ2) is 23.7. The number of nitrogens with zero attached hydrogens (tertiary/aromatic N) is 5. The number of phenols is 1. The summed E-state index contributed by atoms with van der Waals surface area (Å²) in [5.41, 5.74) is 7.19. The van der Waals surface area contributed by atoms with Gasteiger partial charge in [-0.25, -0.2) is 4.98 Å². The molecule has 3 aromatic heterocycles. The average Bonchev–Trinajstić information content (AvgIpc) is 4.04. The molecule has 16 heteroatoms. The van der Waals surface area contributed by atoms with Gasteiger partial charge in [-0.05, 0) is 66.1 Å². The van der Waals surface area contributed by atoms with Crippen LogP contribution in [-0.4, -0.2) is 104 Å². The zero-order valence-corrected chi connectivity index (χ0v) is 42.2. The summed E-state index contributed by atoms with van der Waals surface area (Å²) < 4.78 is 1.58. The van der Waals surface area contributed by atoms with E-state index in [9.17, 15) is 29.4 Å². The Kier molecular flexibility index (Phi) is 17.6. The largest absolute Gasteiger partial charge is 0.507 e. The number of rotatable bonds is 23. The number of hydrogen-bond donors (Lipinski definition) is 5. The minimum Gasteiger partial charge on any atom is -0.507 e. The van der Waals surface area contributed by atoms with E-state index in [4.69, 9.17) is 0 Å². The van der Waals surface area contributed by atoms with Crippen molar-refractivity contribution in [1.82, 2.24) is 40.3 Å². The van der Waals surface area contributed by atoms with E-state index in [1.165, 1.54) is 32.1 Å². The van der Waals surface area contributed by atoms with E-state index >= 15 is 0 Å². The SMILES string of the molecule is Cc1ncsc1-c1ccc(CNC(=O)[Si@@H]2C[C@@H](O)CN2C(=O)[C@@H](NC(=O)CCCCCCCCCCCCCCC(=O)N2CC(c3c[nH]c4nnc(-c5ccccc5O)cc34)C2)C(C)(C)C)cc1. The number of aromatic hydroxyl groups is 1. The standard InChI is InChI=1S/C52H70N8O6SSi/c1-35-47(67-34-55-35)37-25-23-36(24-26-37)28-54-51(66)68-33-39(61)32-60(68)50(65)48(52(2,3)4)56-45(63)21-15-13-11-9-7-5-6-8-10-12-14-16-22-46(64)59-30-38(31-59)42-29-53-49-41(42)27-43(57-58-49)40-19-17-18-20-44(40)62/h17-20,23-27,29,34,38-39,48,61-62,68H,5-16,21-22,28,30-33H2,1-4H3,(H,53,58)(H,54,66)(H,56,63)/t39-,48+,68-/m0/s1. The van der Waals surface area contributed by atoms with E-state index in [0.29, 0.717) is 49.4 Å². The molecule has 0 spiro atoms. The van der Waals surface area contributed by atoms with Crippen LogP contribution in [0.1, 0.15) is 133 Å². The fourth-order valence-corrected chi connectivity index (χ4v) is 13.0. The van der Waals surface area contributed by atoms with Crippen molar-refractivity contribution in [2.75, 3.05) is 19.6 Å². The van der Waals surface area contributed by atoms with Gasteiger partial charge in [0.25, 0.3) is 0 Å². The molecular formula is C52H70N8O6SSi. The first-order valence-corrected chi connectivity index (χ1v) is 27.5. The molecular weight excluding hydrogens is 893 g/mol. The fraction of sp³-hybridized carbons (Fsp3) is 0.519. The number of amides is 4. The van der Waals surface area contributed by atoms with Crippen LogP contribution in [0.4, 0.5) is 4.79 Å². The van der Waals surface area contributed by atoms with Crippen LogP contribution in [0, 0.1) is 12.3 Å². The smallest absolute Gasteiger partial charge is 0.248 e. The monoisotopic (exact) mass is 962 g/mol. The van der Waals surface area contributed by atoms with Crippen molar-refractivity contribution in [1.29, 1.82) is 0 Å². The second-order valence-corrected chi connectivity index (χ2v) is 23.4. The third-order valence-corrected chi connectivity index (χ3v) is 17.6. The highest BCUT2D eigenvalue weighted by Gasteiger charge is 2.45.